The molecule has 26 heavy (non-hydrogen) atoms. The van der Waals surface area contributed by atoms with E-state index in [0.29, 0.717) is 18.6 Å². The summed E-state index contributed by atoms with van der Waals surface area (Å²) in [4.78, 5) is 20.5. The number of anilines is 2. The molecule has 0 spiro atoms. The van der Waals surface area contributed by atoms with Crippen molar-refractivity contribution in [3.63, 3.8) is 0 Å². The van der Waals surface area contributed by atoms with Gasteiger partial charge in [-0.15, -0.1) is 0 Å². The van der Waals surface area contributed by atoms with Crippen molar-refractivity contribution < 1.29 is 9.53 Å². The maximum absolute atomic E-state index is 11.5. The quantitative estimate of drug-likeness (QED) is 0.771. The summed E-state index contributed by atoms with van der Waals surface area (Å²) in [7, 11) is 0. The zero-order valence-corrected chi connectivity index (χ0v) is 14.9. The van der Waals surface area contributed by atoms with E-state index in [2.05, 4.69) is 33.0 Å². The molecular weight excluding hydrogens is 328 g/mol. The van der Waals surface area contributed by atoms with Gasteiger partial charge in [0.2, 0.25) is 0 Å². The molecule has 0 atom stereocenters. The van der Waals surface area contributed by atoms with E-state index in [9.17, 15) is 4.79 Å². The predicted octanol–water partition coefficient (Wildman–Crippen LogP) is 2.39. The molecule has 1 fully saturated rings. The van der Waals surface area contributed by atoms with Gasteiger partial charge in [0.05, 0.1) is 18.6 Å². The molecule has 0 amide bonds. The minimum absolute atomic E-state index is 0.191. The van der Waals surface area contributed by atoms with Gasteiger partial charge in [0.15, 0.2) is 0 Å². The molecule has 6 heteroatoms. The lowest BCUT2D eigenvalue weighted by atomic mass is 10.1. The minimum Gasteiger partial charge on any atom is -0.466 e. The second-order valence-electron chi connectivity index (χ2n) is 6.14. The van der Waals surface area contributed by atoms with Crippen molar-refractivity contribution in [2.24, 2.45) is 0 Å². The summed E-state index contributed by atoms with van der Waals surface area (Å²) < 4.78 is 4.98. The average Bonchev–Trinajstić information content (AvgIpc) is 2.69. The van der Waals surface area contributed by atoms with Crippen LogP contribution < -0.4 is 9.80 Å². The van der Waals surface area contributed by atoms with E-state index in [4.69, 9.17) is 10.00 Å². The maximum atomic E-state index is 11.5. The zero-order chi connectivity index (χ0) is 18.4. The van der Waals surface area contributed by atoms with Crippen LogP contribution in [0.1, 0.15) is 18.1 Å². The highest BCUT2D eigenvalue weighted by atomic mass is 16.5. The SMILES string of the molecule is CCOC(=O)Cc1ccc(N2CCN(c3ccc(C#N)cn3)CC2)cc1. The molecule has 0 saturated carbocycles. The number of esters is 1. The third-order valence-corrected chi connectivity index (χ3v) is 4.44. The van der Waals surface area contributed by atoms with Crippen molar-refractivity contribution in [3.05, 3.63) is 53.7 Å². The molecule has 134 valence electrons. The topological polar surface area (TPSA) is 69.5 Å². The van der Waals surface area contributed by atoms with Crippen LogP contribution in [0.15, 0.2) is 42.6 Å². The monoisotopic (exact) mass is 350 g/mol. The number of aromatic nitrogens is 1. The molecule has 0 aliphatic carbocycles. The minimum atomic E-state index is -0.191. The molecule has 0 N–H and O–H groups in total. The van der Waals surface area contributed by atoms with Crippen molar-refractivity contribution in [1.29, 1.82) is 5.26 Å². The van der Waals surface area contributed by atoms with Crippen molar-refractivity contribution >= 4 is 17.5 Å². The number of piperazine rings is 1. The Morgan fingerprint density at radius 3 is 2.38 bits per heavy atom. The van der Waals surface area contributed by atoms with Gasteiger partial charge in [0, 0.05) is 38.1 Å². The molecule has 2 aromatic rings. The molecule has 1 aliphatic heterocycles. The fourth-order valence-corrected chi connectivity index (χ4v) is 3.04. The first-order valence-corrected chi connectivity index (χ1v) is 8.80. The Labute approximate surface area is 153 Å². The van der Waals surface area contributed by atoms with E-state index >= 15 is 0 Å². The molecule has 0 radical (unpaired) electrons. The van der Waals surface area contributed by atoms with Gasteiger partial charge in [-0.05, 0) is 36.8 Å². The lowest BCUT2D eigenvalue weighted by Gasteiger charge is -2.36. The highest BCUT2D eigenvalue weighted by Gasteiger charge is 2.18. The molecule has 6 nitrogen and oxygen atoms in total. The van der Waals surface area contributed by atoms with Gasteiger partial charge in [-0.3, -0.25) is 4.79 Å². The molecule has 2 heterocycles. The summed E-state index contributed by atoms with van der Waals surface area (Å²) in [5.74, 6) is 0.720. The number of nitriles is 1. The van der Waals surface area contributed by atoms with E-state index in [1.807, 2.05) is 25.1 Å². The maximum Gasteiger partial charge on any atom is 0.310 e. The Bertz CT molecular complexity index is 773. The van der Waals surface area contributed by atoms with Crippen molar-refractivity contribution in [2.75, 3.05) is 42.6 Å². The standard InChI is InChI=1S/C20H22N4O2/c1-2-26-20(25)13-16-3-6-18(7-4-16)23-9-11-24(12-10-23)19-8-5-17(14-21)15-22-19/h3-8,15H,2,9-13H2,1H3. The third-order valence-electron chi connectivity index (χ3n) is 4.44. The van der Waals surface area contributed by atoms with Gasteiger partial charge in [0.25, 0.3) is 0 Å². The van der Waals surface area contributed by atoms with Gasteiger partial charge in [-0.2, -0.15) is 5.26 Å². The highest BCUT2D eigenvalue weighted by Crippen LogP contribution is 2.20. The number of carbonyl (C=O) groups excluding carboxylic acids is 1. The Hall–Kier alpha value is -3.07. The first-order valence-electron chi connectivity index (χ1n) is 8.80. The van der Waals surface area contributed by atoms with E-state index < -0.39 is 0 Å². The van der Waals surface area contributed by atoms with E-state index in [1.54, 1.807) is 12.3 Å². The number of benzene rings is 1. The van der Waals surface area contributed by atoms with E-state index in [-0.39, 0.29) is 5.97 Å². The Balaban J connectivity index is 1.55. The van der Waals surface area contributed by atoms with Crippen molar-refractivity contribution in [1.82, 2.24) is 4.98 Å². The van der Waals surface area contributed by atoms with Crippen molar-refractivity contribution in [2.45, 2.75) is 13.3 Å². The molecule has 0 bridgehead atoms. The second-order valence-corrected chi connectivity index (χ2v) is 6.14. The number of ether oxygens (including phenoxy) is 1. The largest absolute Gasteiger partial charge is 0.466 e. The van der Waals surface area contributed by atoms with Gasteiger partial charge < -0.3 is 14.5 Å². The van der Waals surface area contributed by atoms with Crippen LogP contribution in [0.5, 0.6) is 0 Å². The molecule has 0 unspecified atom stereocenters. The number of carbonyl (C=O) groups is 1. The number of hydrogen-bond donors (Lipinski definition) is 0. The van der Waals surface area contributed by atoms with Crippen LogP contribution in [0.25, 0.3) is 0 Å². The summed E-state index contributed by atoms with van der Waals surface area (Å²) in [6.07, 6.45) is 1.93. The van der Waals surface area contributed by atoms with Crippen LogP contribution in [0, 0.1) is 11.3 Å². The summed E-state index contributed by atoms with van der Waals surface area (Å²) in [6, 6.07) is 13.9. The summed E-state index contributed by atoms with van der Waals surface area (Å²) in [5, 5.41) is 8.86. The Kier molecular flexibility index (Phi) is 5.69. The van der Waals surface area contributed by atoms with Crippen LogP contribution in [0.2, 0.25) is 0 Å². The van der Waals surface area contributed by atoms with Crippen LogP contribution in [0.4, 0.5) is 11.5 Å². The van der Waals surface area contributed by atoms with E-state index in [0.717, 1.165) is 43.2 Å². The van der Waals surface area contributed by atoms with Gasteiger partial charge >= 0.3 is 5.97 Å². The number of rotatable bonds is 5. The van der Waals surface area contributed by atoms with Gasteiger partial charge in [-0.25, -0.2) is 4.98 Å². The first kappa shape index (κ1) is 17.7. The molecule has 1 aliphatic rings. The molecule has 3 rings (SSSR count). The lowest BCUT2D eigenvalue weighted by molar-refractivity contribution is -0.142. The number of hydrogen-bond acceptors (Lipinski definition) is 6. The molecule has 1 saturated heterocycles. The van der Waals surface area contributed by atoms with Crippen LogP contribution in [-0.4, -0.2) is 43.7 Å². The normalized spacial score (nSPS) is 14.0. The number of nitrogens with zero attached hydrogens (tertiary/aromatic N) is 4. The third kappa shape index (κ3) is 4.31. The van der Waals surface area contributed by atoms with Gasteiger partial charge in [0.1, 0.15) is 11.9 Å². The first-order chi connectivity index (χ1) is 12.7. The average molecular weight is 350 g/mol. The molecular formula is C20H22N4O2. The number of pyridine rings is 1. The smallest absolute Gasteiger partial charge is 0.310 e. The van der Waals surface area contributed by atoms with Crippen molar-refractivity contribution in [3.8, 4) is 6.07 Å². The fourth-order valence-electron chi connectivity index (χ4n) is 3.04. The molecule has 1 aromatic heterocycles. The highest BCUT2D eigenvalue weighted by molar-refractivity contribution is 5.72. The summed E-state index contributed by atoms with van der Waals surface area (Å²) >= 11 is 0. The second kappa shape index (κ2) is 8.34. The Morgan fingerprint density at radius 2 is 1.81 bits per heavy atom. The van der Waals surface area contributed by atoms with Crippen LogP contribution >= 0.6 is 0 Å². The van der Waals surface area contributed by atoms with Crippen LogP contribution in [0.3, 0.4) is 0 Å². The zero-order valence-electron chi connectivity index (χ0n) is 14.9. The summed E-state index contributed by atoms with van der Waals surface area (Å²) in [6.45, 7) is 5.79. The van der Waals surface area contributed by atoms with Crippen LogP contribution in [-0.2, 0) is 16.0 Å². The van der Waals surface area contributed by atoms with Gasteiger partial charge in [-0.1, -0.05) is 12.1 Å². The predicted molar refractivity (Wildman–Crippen MR) is 100 cm³/mol. The fraction of sp³-hybridized carbons (Fsp3) is 0.350. The molecule has 1 aromatic carbocycles. The lowest BCUT2D eigenvalue weighted by Crippen LogP contribution is -2.46. The Morgan fingerprint density at radius 1 is 1.12 bits per heavy atom. The summed E-state index contributed by atoms with van der Waals surface area (Å²) in [5.41, 5.74) is 2.70. The van der Waals surface area contributed by atoms with E-state index in [1.165, 1.54) is 0 Å².